The van der Waals surface area contributed by atoms with Gasteiger partial charge in [0.15, 0.2) is 0 Å². The molecule has 2 saturated heterocycles. The first-order valence-corrected chi connectivity index (χ1v) is 9.84. The summed E-state index contributed by atoms with van der Waals surface area (Å²) in [6.45, 7) is 8.55. The van der Waals surface area contributed by atoms with E-state index >= 15 is 0 Å². The molecule has 27 heavy (non-hydrogen) atoms. The van der Waals surface area contributed by atoms with E-state index in [1.165, 1.54) is 5.56 Å². The number of carbonyl (C=O) groups excluding carboxylic acids is 2. The van der Waals surface area contributed by atoms with Crippen LogP contribution in [0.4, 0.5) is 10.5 Å². The number of anilines is 1. The lowest BCUT2D eigenvalue weighted by molar-refractivity contribution is -0.146. The van der Waals surface area contributed by atoms with Crippen molar-refractivity contribution < 1.29 is 14.3 Å². The SMILES string of the molecule is COCCN1CCCC2(CCCN2C(=O)Nc2c(C)cc(C)cc2C)C1=O. The lowest BCUT2D eigenvalue weighted by Gasteiger charge is -2.44. The molecule has 0 aliphatic carbocycles. The fourth-order valence-corrected chi connectivity index (χ4v) is 4.69. The zero-order chi connectivity index (χ0) is 19.6. The van der Waals surface area contributed by atoms with Crippen LogP contribution in [0.2, 0.25) is 0 Å². The van der Waals surface area contributed by atoms with Crippen molar-refractivity contribution in [2.45, 2.75) is 52.0 Å². The Hall–Kier alpha value is -2.08. The summed E-state index contributed by atoms with van der Waals surface area (Å²) >= 11 is 0. The van der Waals surface area contributed by atoms with Gasteiger partial charge in [0.1, 0.15) is 5.54 Å². The number of nitrogens with one attached hydrogen (secondary N) is 1. The molecule has 148 valence electrons. The highest BCUT2D eigenvalue weighted by Crippen LogP contribution is 2.39. The predicted molar refractivity (Wildman–Crippen MR) is 106 cm³/mol. The lowest BCUT2D eigenvalue weighted by atomic mass is 9.85. The van der Waals surface area contributed by atoms with Crippen LogP contribution < -0.4 is 5.32 Å². The summed E-state index contributed by atoms with van der Waals surface area (Å²) in [6, 6.07) is 3.98. The van der Waals surface area contributed by atoms with Gasteiger partial charge < -0.3 is 19.9 Å². The molecule has 2 fully saturated rings. The molecule has 1 atom stereocenters. The Morgan fingerprint density at radius 3 is 2.41 bits per heavy atom. The summed E-state index contributed by atoms with van der Waals surface area (Å²) in [4.78, 5) is 30.1. The van der Waals surface area contributed by atoms with E-state index in [-0.39, 0.29) is 11.9 Å². The first kappa shape index (κ1) is 19.7. The minimum Gasteiger partial charge on any atom is -0.383 e. The van der Waals surface area contributed by atoms with Gasteiger partial charge in [-0.05, 0) is 57.6 Å². The predicted octanol–water partition coefficient (Wildman–Crippen LogP) is 3.25. The van der Waals surface area contributed by atoms with Gasteiger partial charge in [-0.2, -0.15) is 0 Å². The van der Waals surface area contributed by atoms with Gasteiger partial charge in [0.2, 0.25) is 5.91 Å². The summed E-state index contributed by atoms with van der Waals surface area (Å²) in [5, 5.41) is 3.09. The molecule has 3 amide bonds. The third-order valence-corrected chi connectivity index (χ3v) is 5.91. The molecule has 6 heteroatoms. The van der Waals surface area contributed by atoms with Crippen molar-refractivity contribution in [2.75, 3.05) is 38.7 Å². The van der Waals surface area contributed by atoms with Gasteiger partial charge in [0, 0.05) is 32.4 Å². The maximum absolute atomic E-state index is 13.2. The van der Waals surface area contributed by atoms with E-state index in [1.807, 2.05) is 18.7 Å². The number of amides is 3. The zero-order valence-electron chi connectivity index (χ0n) is 16.9. The Balaban J connectivity index is 1.81. The highest BCUT2D eigenvalue weighted by Gasteiger charge is 2.52. The second-order valence-electron chi connectivity index (χ2n) is 7.88. The van der Waals surface area contributed by atoms with Gasteiger partial charge in [-0.3, -0.25) is 4.79 Å². The van der Waals surface area contributed by atoms with Crippen molar-refractivity contribution >= 4 is 17.6 Å². The highest BCUT2D eigenvalue weighted by molar-refractivity contribution is 5.97. The van der Waals surface area contributed by atoms with E-state index in [4.69, 9.17) is 4.74 Å². The zero-order valence-corrected chi connectivity index (χ0v) is 16.9. The van der Waals surface area contributed by atoms with Crippen molar-refractivity contribution in [1.82, 2.24) is 9.80 Å². The van der Waals surface area contributed by atoms with E-state index in [0.717, 1.165) is 49.0 Å². The summed E-state index contributed by atoms with van der Waals surface area (Å²) in [5.41, 5.74) is 3.43. The van der Waals surface area contributed by atoms with E-state index in [0.29, 0.717) is 19.7 Å². The minimum absolute atomic E-state index is 0.0794. The third-order valence-electron chi connectivity index (χ3n) is 5.91. The fourth-order valence-electron chi connectivity index (χ4n) is 4.69. The van der Waals surface area contributed by atoms with E-state index in [1.54, 1.807) is 12.0 Å². The number of rotatable bonds is 4. The normalized spacial score (nSPS) is 22.6. The number of carbonyl (C=O) groups is 2. The Kier molecular flexibility index (Phi) is 5.75. The molecule has 0 saturated carbocycles. The monoisotopic (exact) mass is 373 g/mol. The number of ether oxygens (including phenoxy) is 1. The van der Waals surface area contributed by atoms with Gasteiger partial charge in [0.05, 0.1) is 6.61 Å². The van der Waals surface area contributed by atoms with Gasteiger partial charge in [-0.1, -0.05) is 17.7 Å². The van der Waals surface area contributed by atoms with Crippen LogP contribution >= 0.6 is 0 Å². The molecule has 2 heterocycles. The molecule has 2 aliphatic heterocycles. The van der Waals surface area contributed by atoms with Crippen LogP contribution in [0.15, 0.2) is 12.1 Å². The topological polar surface area (TPSA) is 61.9 Å². The number of piperidine rings is 1. The maximum Gasteiger partial charge on any atom is 0.322 e. The number of benzene rings is 1. The third kappa shape index (κ3) is 3.68. The number of urea groups is 1. The molecule has 3 rings (SSSR count). The van der Waals surface area contributed by atoms with Crippen molar-refractivity contribution in [3.63, 3.8) is 0 Å². The van der Waals surface area contributed by atoms with Crippen LogP contribution in [-0.4, -0.2) is 60.6 Å². The smallest absolute Gasteiger partial charge is 0.322 e. The number of nitrogens with zero attached hydrogens (tertiary/aromatic N) is 2. The molecule has 2 aliphatic rings. The number of likely N-dealkylation sites (tertiary alicyclic amines) is 2. The second kappa shape index (κ2) is 7.89. The van der Waals surface area contributed by atoms with Crippen LogP contribution in [-0.2, 0) is 9.53 Å². The van der Waals surface area contributed by atoms with Gasteiger partial charge >= 0.3 is 6.03 Å². The Labute approximate surface area is 161 Å². The van der Waals surface area contributed by atoms with Crippen molar-refractivity contribution in [3.8, 4) is 0 Å². The largest absolute Gasteiger partial charge is 0.383 e. The summed E-state index contributed by atoms with van der Waals surface area (Å²) in [5.74, 6) is 0.0794. The quantitative estimate of drug-likeness (QED) is 0.881. The standard InChI is InChI=1S/C21H31N3O3/c1-15-13-16(2)18(17(3)14-15)22-20(26)24-10-6-8-21(24)7-5-9-23(19(21)25)11-12-27-4/h13-14H,5-12H2,1-4H3,(H,22,26). The Morgan fingerprint density at radius 1 is 1.15 bits per heavy atom. The molecule has 6 nitrogen and oxygen atoms in total. The van der Waals surface area contributed by atoms with E-state index < -0.39 is 5.54 Å². The second-order valence-corrected chi connectivity index (χ2v) is 7.88. The molecule has 0 radical (unpaired) electrons. The Bertz CT molecular complexity index is 710. The maximum atomic E-state index is 13.2. The highest BCUT2D eigenvalue weighted by atomic mass is 16.5. The first-order chi connectivity index (χ1) is 12.9. The van der Waals surface area contributed by atoms with Crippen molar-refractivity contribution in [2.24, 2.45) is 0 Å². The van der Waals surface area contributed by atoms with Crippen LogP contribution in [0.5, 0.6) is 0 Å². The molecular weight excluding hydrogens is 342 g/mol. The minimum atomic E-state index is -0.692. The molecule has 1 unspecified atom stereocenters. The van der Waals surface area contributed by atoms with Crippen LogP contribution in [0.1, 0.15) is 42.4 Å². The van der Waals surface area contributed by atoms with Crippen LogP contribution in [0, 0.1) is 20.8 Å². The molecule has 1 N–H and O–H groups in total. The lowest BCUT2D eigenvalue weighted by Crippen LogP contribution is -2.62. The molecule has 0 aromatic heterocycles. The molecule has 1 spiro atoms. The average Bonchev–Trinajstić information content (AvgIpc) is 3.04. The molecule has 1 aromatic rings. The van der Waals surface area contributed by atoms with E-state index in [2.05, 4.69) is 24.4 Å². The van der Waals surface area contributed by atoms with E-state index in [9.17, 15) is 9.59 Å². The number of methoxy groups -OCH3 is 1. The Morgan fingerprint density at radius 2 is 1.78 bits per heavy atom. The average molecular weight is 373 g/mol. The summed E-state index contributed by atoms with van der Waals surface area (Å²) in [6.07, 6.45) is 3.27. The number of hydrogen-bond acceptors (Lipinski definition) is 3. The molecule has 1 aromatic carbocycles. The summed E-state index contributed by atoms with van der Waals surface area (Å²) in [7, 11) is 1.64. The fraction of sp³-hybridized carbons (Fsp3) is 0.619. The number of aryl methyl sites for hydroxylation is 3. The van der Waals surface area contributed by atoms with Crippen LogP contribution in [0.3, 0.4) is 0 Å². The number of hydrogen-bond donors (Lipinski definition) is 1. The van der Waals surface area contributed by atoms with Crippen LogP contribution in [0.25, 0.3) is 0 Å². The van der Waals surface area contributed by atoms with Gasteiger partial charge in [-0.15, -0.1) is 0 Å². The van der Waals surface area contributed by atoms with Gasteiger partial charge in [0.25, 0.3) is 0 Å². The van der Waals surface area contributed by atoms with Crippen molar-refractivity contribution in [3.05, 3.63) is 28.8 Å². The molecule has 0 bridgehead atoms. The molecular formula is C21H31N3O3. The summed E-state index contributed by atoms with van der Waals surface area (Å²) < 4.78 is 5.15. The van der Waals surface area contributed by atoms with Gasteiger partial charge in [-0.25, -0.2) is 4.79 Å². The first-order valence-electron chi connectivity index (χ1n) is 9.84. The van der Waals surface area contributed by atoms with Crippen molar-refractivity contribution in [1.29, 1.82) is 0 Å².